The fourth-order valence-electron chi connectivity index (χ4n) is 2.49. The van der Waals surface area contributed by atoms with E-state index in [2.05, 4.69) is 4.74 Å². The van der Waals surface area contributed by atoms with Gasteiger partial charge < -0.3 is 14.4 Å². The van der Waals surface area contributed by atoms with Crippen LogP contribution in [0.5, 0.6) is 0 Å². The van der Waals surface area contributed by atoms with E-state index in [0.29, 0.717) is 19.4 Å². The van der Waals surface area contributed by atoms with Crippen LogP contribution in [0, 0.1) is 0 Å². The normalized spacial score (nSPS) is 17.5. The van der Waals surface area contributed by atoms with E-state index in [9.17, 15) is 22.8 Å². The zero-order chi connectivity index (χ0) is 18.8. The van der Waals surface area contributed by atoms with Gasteiger partial charge in [0.05, 0.1) is 19.1 Å². The lowest BCUT2D eigenvalue weighted by molar-refractivity contribution is -0.138. The zero-order valence-electron chi connectivity index (χ0n) is 13.0. The first-order chi connectivity index (χ1) is 11.6. The van der Waals surface area contributed by atoms with E-state index in [4.69, 9.17) is 27.9 Å². The number of alkyl halides is 3. The van der Waals surface area contributed by atoms with Crippen molar-refractivity contribution in [3.05, 3.63) is 33.3 Å². The van der Waals surface area contributed by atoms with Crippen molar-refractivity contribution in [1.29, 1.82) is 0 Å². The smallest absolute Gasteiger partial charge is 0.438 e. The summed E-state index contributed by atoms with van der Waals surface area (Å²) in [6.45, 7) is 0.344. The summed E-state index contributed by atoms with van der Waals surface area (Å²) in [7, 11) is 1.14. The number of hydrogen-bond donors (Lipinski definition) is 0. The number of carbonyl (C=O) groups is 2. The SMILES string of the molecule is COC(=O)OC1CCCN1C(=O)Cc1c(Cl)cc(C(F)(F)F)cc1Cl. The third-order valence-corrected chi connectivity index (χ3v) is 4.39. The van der Waals surface area contributed by atoms with Crippen LogP contribution in [0.4, 0.5) is 18.0 Å². The number of amides is 1. The summed E-state index contributed by atoms with van der Waals surface area (Å²) >= 11 is 11.7. The molecule has 1 unspecified atom stereocenters. The predicted molar refractivity (Wildman–Crippen MR) is 83.4 cm³/mol. The second-order valence-electron chi connectivity index (χ2n) is 5.35. The summed E-state index contributed by atoms with van der Waals surface area (Å²) in [4.78, 5) is 24.9. The summed E-state index contributed by atoms with van der Waals surface area (Å²) in [6.07, 6.45) is -5.56. The lowest BCUT2D eigenvalue weighted by atomic mass is 10.1. The lowest BCUT2D eigenvalue weighted by Gasteiger charge is -2.24. The van der Waals surface area contributed by atoms with Crippen molar-refractivity contribution in [2.75, 3.05) is 13.7 Å². The third kappa shape index (κ3) is 4.70. The largest absolute Gasteiger partial charge is 0.509 e. The van der Waals surface area contributed by atoms with Crippen LogP contribution in [0.2, 0.25) is 10.0 Å². The van der Waals surface area contributed by atoms with Gasteiger partial charge in [0, 0.05) is 23.0 Å². The highest BCUT2D eigenvalue weighted by atomic mass is 35.5. The van der Waals surface area contributed by atoms with Crippen molar-refractivity contribution >= 4 is 35.3 Å². The summed E-state index contributed by atoms with van der Waals surface area (Å²) in [5, 5.41) is -0.504. The molecule has 0 N–H and O–H groups in total. The van der Waals surface area contributed by atoms with Crippen LogP contribution in [-0.2, 0) is 26.9 Å². The van der Waals surface area contributed by atoms with Gasteiger partial charge in [-0.1, -0.05) is 23.2 Å². The molecule has 0 radical (unpaired) electrons. The molecule has 5 nitrogen and oxygen atoms in total. The molecule has 1 aliphatic rings. The molecule has 1 aromatic carbocycles. The summed E-state index contributed by atoms with van der Waals surface area (Å²) in [5.41, 5.74) is -0.906. The molecule has 0 aliphatic carbocycles. The molecule has 10 heteroatoms. The highest BCUT2D eigenvalue weighted by Crippen LogP contribution is 2.36. The van der Waals surface area contributed by atoms with Gasteiger partial charge in [0.25, 0.3) is 0 Å². The second-order valence-corrected chi connectivity index (χ2v) is 6.16. The number of benzene rings is 1. The number of halogens is 5. The number of methoxy groups -OCH3 is 1. The van der Waals surface area contributed by atoms with Gasteiger partial charge in [-0.2, -0.15) is 13.2 Å². The fraction of sp³-hybridized carbons (Fsp3) is 0.467. The molecule has 1 saturated heterocycles. The van der Waals surface area contributed by atoms with E-state index in [1.807, 2.05) is 0 Å². The van der Waals surface area contributed by atoms with Crippen molar-refractivity contribution in [3.63, 3.8) is 0 Å². The van der Waals surface area contributed by atoms with E-state index in [1.54, 1.807) is 0 Å². The van der Waals surface area contributed by atoms with Gasteiger partial charge in [-0.25, -0.2) is 4.79 Å². The Morgan fingerprint density at radius 3 is 2.40 bits per heavy atom. The number of hydrogen-bond acceptors (Lipinski definition) is 4. The molecule has 1 heterocycles. The van der Waals surface area contributed by atoms with Crippen LogP contribution in [0.1, 0.15) is 24.0 Å². The van der Waals surface area contributed by atoms with E-state index >= 15 is 0 Å². The van der Waals surface area contributed by atoms with Crippen LogP contribution in [-0.4, -0.2) is 36.8 Å². The van der Waals surface area contributed by atoms with Crippen molar-refractivity contribution in [2.24, 2.45) is 0 Å². The molecule has 1 amide bonds. The van der Waals surface area contributed by atoms with Crippen molar-refractivity contribution < 1.29 is 32.2 Å². The van der Waals surface area contributed by atoms with E-state index in [1.165, 1.54) is 4.90 Å². The topological polar surface area (TPSA) is 55.8 Å². The Bertz CT molecular complexity index is 658. The minimum Gasteiger partial charge on any atom is -0.438 e. The average molecular weight is 400 g/mol. The molecule has 1 fully saturated rings. The quantitative estimate of drug-likeness (QED) is 0.711. The third-order valence-electron chi connectivity index (χ3n) is 3.71. The van der Waals surface area contributed by atoms with E-state index in [0.717, 1.165) is 19.2 Å². The van der Waals surface area contributed by atoms with Gasteiger partial charge in [-0.3, -0.25) is 4.79 Å². The molecule has 0 spiro atoms. The number of ether oxygens (including phenoxy) is 2. The summed E-state index contributed by atoms with van der Waals surface area (Å²) in [5.74, 6) is -0.463. The van der Waals surface area contributed by atoms with Crippen LogP contribution in [0.3, 0.4) is 0 Å². The Kier molecular flexibility index (Phi) is 6.05. The predicted octanol–water partition coefficient (Wildman–Crippen LogP) is 4.29. The maximum Gasteiger partial charge on any atom is 0.509 e. The minimum atomic E-state index is -4.59. The molecular formula is C15H14Cl2F3NO4. The van der Waals surface area contributed by atoms with Crippen molar-refractivity contribution in [2.45, 2.75) is 31.7 Å². The molecule has 0 bridgehead atoms. The van der Waals surface area contributed by atoms with Gasteiger partial charge in [-0.05, 0) is 24.1 Å². The summed E-state index contributed by atoms with van der Waals surface area (Å²) < 4.78 is 47.6. The Morgan fingerprint density at radius 1 is 1.28 bits per heavy atom. The first-order valence-electron chi connectivity index (χ1n) is 7.22. The van der Waals surface area contributed by atoms with Gasteiger partial charge in [0.15, 0.2) is 6.23 Å². The molecule has 1 aliphatic heterocycles. The maximum absolute atomic E-state index is 12.7. The first kappa shape index (κ1) is 19.7. The van der Waals surface area contributed by atoms with Crippen molar-refractivity contribution in [3.8, 4) is 0 Å². The van der Waals surface area contributed by atoms with Crippen LogP contribution in [0.15, 0.2) is 12.1 Å². The average Bonchev–Trinajstić information content (AvgIpc) is 2.97. The molecule has 0 aromatic heterocycles. The molecule has 25 heavy (non-hydrogen) atoms. The van der Waals surface area contributed by atoms with Gasteiger partial charge in [0.2, 0.25) is 5.91 Å². The molecule has 2 rings (SSSR count). The zero-order valence-corrected chi connectivity index (χ0v) is 14.5. The maximum atomic E-state index is 12.7. The first-order valence-corrected chi connectivity index (χ1v) is 7.98. The highest BCUT2D eigenvalue weighted by Gasteiger charge is 2.34. The monoisotopic (exact) mass is 399 g/mol. The van der Waals surface area contributed by atoms with Gasteiger partial charge in [-0.15, -0.1) is 0 Å². The van der Waals surface area contributed by atoms with Crippen LogP contribution in [0.25, 0.3) is 0 Å². The van der Waals surface area contributed by atoms with E-state index < -0.39 is 30.0 Å². The Labute approximate surface area is 151 Å². The fourth-order valence-corrected chi connectivity index (χ4v) is 3.11. The number of likely N-dealkylation sites (tertiary alicyclic amines) is 1. The Balaban J connectivity index is 2.16. The van der Waals surface area contributed by atoms with E-state index in [-0.39, 0.29) is 22.0 Å². The Hall–Kier alpha value is -1.67. The van der Waals surface area contributed by atoms with Crippen LogP contribution < -0.4 is 0 Å². The molecule has 1 atom stereocenters. The van der Waals surface area contributed by atoms with Crippen LogP contribution >= 0.6 is 23.2 Å². The molecule has 138 valence electrons. The number of carbonyl (C=O) groups excluding carboxylic acids is 2. The standard InChI is InChI=1S/C15H14Cl2F3NO4/c1-24-14(23)25-13-3-2-4-21(13)12(22)7-9-10(16)5-8(6-11(9)17)15(18,19)20/h5-6,13H,2-4,7H2,1H3. The molecule has 1 aromatic rings. The van der Waals surface area contributed by atoms with Gasteiger partial charge in [0.1, 0.15) is 0 Å². The highest BCUT2D eigenvalue weighted by molar-refractivity contribution is 6.36. The summed E-state index contributed by atoms with van der Waals surface area (Å²) in [6, 6.07) is 1.45. The van der Waals surface area contributed by atoms with Crippen molar-refractivity contribution in [1.82, 2.24) is 4.90 Å². The van der Waals surface area contributed by atoms with Gasteiger partial charge >= 0.3 is 12.3 Å². The number of rotatable bonds is 3. The Morgan fingerprint density at radius 2 is 1.88 bits per heavy atom. The minimum absolute atomic E-state index is 0.0880. The molecular weight excluding hydrogens is 386 g/mol. The number of nitrogens with zero attached hydrogens (tertiary/aromatic N) is 1. The lowest BCUT2D eigenvalue weighted by Crippen LogP contribution is -2.39. The molecule has 0 saturated carbocycles. The second kappa shape index (κ2) is 7.70.